The maximum absolute atomic E-state index is 12.7. The smallest absolute Gasteiger partial charge is 0.246 e. The molecule has 2 aliphatic rings. The number of para-hydroxylation sites is 2. The van der Waals surface area contributed by atoms with E-state index < -0.39 is 0 Å². The van der Waals surface area contributed by atoms with Gasteiger partial charge in [-0.1, -0.05) is 12.1 Å². The summed E-state index contributed by atoms with van der Waals surface area (Å²) in [6, 6.07) is 11.5. The highest BCUT2D eigenvalue weighted by atomic mass is 16.6. The van der Waals surface area contributed by atoms with E-state index in [4.69, 9.17) is 18.6 Å². The Morgan fingerprint density at radius 1 is 1.16 bits per heavy atom. The van der Waals surface area contributed by atoms with Gasteiger partial charge in [-0.2, -0.15) is 0 Å². The first-order valence-corrected chi connectivity index (χ1v) is 10.5. The molecule has 2 aliphatic heterocycles. The molecule has 5 rings (SSSR count). The van der Waals surface area contributed by atoms with Crippen LogP contribution in [0.5, 0.6) is 17.2 Å². The van der Waals surface area contributed by atoms with Gasteiger partial charge in [-0.25, -0.2) is 4.98 Å². The van der Waals surface area contributed by atoms with Crippen LogP contribution < -0.4 is 14.2 Å². The molecule has 3 aromatic rings. The molecule has 0 bridgehead atoms. The van der Waals surface area contributed by atoms with Crippen molar-refractivity contribution in [3.05, 3.63) is 53.9 Å². The van der Waals surface area contributed by atoms with Crippen molar-refractivity contribution < 1.29 is 23.4 Å². The first-order chi connectivity index (χ1) is 15.2. The van der Waals surface area contributed by atoms with Crippen LogP contribution in [-0.4, -0.2) is 49.2 Å². The van der Waals surface area contributed by atoms with E-state index in [2.05, 4.69) is 4.98 Å². The molecule has 0 radical (unpaired) electrons. The molecule has 3 heterocycles. The van der Waals surface area contributed by atoms with Gasteiger partial charge in [0.05, 0.1) is 7.11 Å². The highest BCUT2D eigenvalue weighted by Crippen LogP contribution is 2.40. The van der Waals surface area contributed by atoms with Crippen LogP contribution in [-0.2, 0) is 4.79 Å². The van der Waals surface area contributed by atoms with Gasteiger partial charge in [0, 0.05) is 25.1 Å². The van der Waals surface area contributed by atoms with Crippen molar-refractivity contribution in [3.63, 3.8) is 0 Å². The minimum absolute atomic E-state index is 0.00938. The van der Waals surface area contributed by atoms with Gasteiger partial charge in [-0.15, -0.1) is 0 Å². The van der Waals surface area contributed by atoms with Gasteiger partial charge < -0.3 is 23.5 Å². The molecule has 0 spiro atoms. The number of hydrogen-bond donors (Lipinski definition) is 0. The number of fused-ring (bicyclic) bond motifs is 2. The quantitative estimate of drug-likeness (QED) is 0.594. The highest BCUT2D eigenvalue weighted by Gasteiger charge is 2.26. The van der Waals surface area contributed by atoms with Gasteiger partial charge in [0.1, 0.15) is 18.7 Å². The van der Waals surface area contributed by atoms with Crippen molar-refractivity contribution in [1.82, 2.24) is 9.88 Å². The van der Waals surface area contributed by atoms with Crippen LogP contribution in [0.4, 0.5) is 0 Å². The molecular weight excluding hydrogens is 396 g/mol. The Hall–Kier alpha value is -3.48. The lowest BCUT2D eigenvalue weighted by molar-refractivity contribution is -0.127. The predicted octanol–water partition coefficient (Wildman–Crippen LogP) is 4.03. The Morgan fingerprint density at radius 2 is 1.97 bits per heavy atom. The van der Waals surface area contributed by atoms with Crippen molar-refractivity contribution in [1.29, 1.82) is 0 Å². The van der Waals surface area contributed by atoms with E-state index in [0.717, 1.165) is 35.4 Å². The van der Waals surface area contributed by atoms with Crippen LogP contribution in [0.1, 0.15) is 30.2 Å². The number of methoxy groups -OCH3 is 1. The molecule has 2 aromatic carbocycles. The lowest BCUT2D eigenvalue weighted by atomic mass is 9.96. The number of oxazole rings is 1. The standard InChI is InChI=1S/C24H24N2O5/c1-28-20-14-16(15-21-23(20)30-13-12-29-21)6-7-22(27)26-10-8-17(9-11-26)24-25-18-4-2-3-5-19(18)31-24/h2-7,14-15,17H,8-13H2,1H3. The van der Waals surface area contributed by atoms with Crippen LogP contribution in [0.2, 0.25) is 0 Å². The Bertz CT molecular complexity index is 1080. The number of ether oxygens (including phenoxy) is 3. The number of rotatable bonds is 4. The van der Waals surface area contributed by atoms with Crippen molar-refractivity contribution in [2.75, 3.05) is 33.4 Å². The first-order valence-electron chi connectivity index (χ1n) is 10.5. The SMILES string of the molecule is COc1cc(C=CC(=O)N2CCC(c3nc4ccccc4o3)CC2)cc2c1OCCO2. The van der Waals surface area contributed by atoms with Crippen molar-refractivity contribution in [2.45, 2.75) is 18.8 Å². The largest absolute Gasteiger partial charge is 0.493 e. The maximum atomic E-state index is 12.7. The number of carbonyl (C=O) groups excluding carboxylic acids is 1. The maximum Gasteiger partial charge on any atom is 0.246 e. The number of hydrogen-bond acceptors (Lipinski definition) is 6. The van der Waals surface area contributed by atoms with Gasteiger partial charge in [0.15, 0.2) is 23.0 Å². The fourth-order valence-corrected chi connectivity index (χ4v) is 4.07. The van der Waals surface area contributed by atoms with Gasteiger partial charge in [0.2, 0.25) is 11.7 Å². The summed E-state index contributed by atoms with van der Waals surface area (Å²) in [5, 5.41) is 0. The second-order valence-corrected chi connectivity index (χ2v) is 7.70. The molecule has 0 saturated carbocycles. The fraction of sp³-hybridized carbons (Fsp3) is 0.333. The molecule has 0 N–H and O–H groups in total. The molecule has 1 aromatic heterocycles. The fourth-order valence-electron chi connectivity index (χ4n) is 4.07. The van der Waals surface area contributed by atoms with E-state index in [0.29, 0.717) is 43.6 Å². The summed E-state index contributed by atoms with van der Waals surface area (Å²) in [4.78, 5) is 19.2. The summed E-state index contributed by atoms with van der Waals surface area (Å²) >= 11 is 0. The minimum atomic E-state index is -0.00938. The van der Waals surface area contributed by atoms with Gasteiger partial charge in [0.25, 0.3) is 0 Å². The average molecular weight is 420 g/mol. The summed E-state index contributed by atoms with van der Waals surface area (Å²) in [5.41, 5.74) is 2.53. The molecule has 1 amide bonds. The number of piperidine rings is 1. The number of benzene rings is 2. The van der Waals surface area contributed by atoms with Crippen LogP contribution in [0.25, 0.3) is 17.2 Å². The average Bonchev–Trinajstić information content (AvgIpc) is 3.26. The summed E-state index contributed by atoms with van der Waals surface area (Å²) in [6.07, 6.45) is 5.06. The van der Waals surface area contributed by atoms with Crippen LogP contribution in [0.15, 0.2) is 46.9 Å². The lowest BCUT2D eigenvalue weighted by Gasteiger charge is -2.29. The highest BCUT2D eigenvalue weighted by molar-refractivity contribution is 5.92. The molecule has 0 atom stereocenters. The van der Waals surface area contributed by atoms with Crippen molar-refractivity contribution in [3.8, 4) is 17.2 Å². The van der Waals surface area contributed by atoms with E-state index in [1.807, 2.05) is 41.3 Å². The van der Waals surface area contributed by atoms with Gasteiger partial charge in [-0.05, 0) is 48.7 Å². The summed E-state index contributed by atoms with van der Waals surface area (Å²) in [7, 11) is 1.59. The zero-order chi connectivity index (χ0) is 21.2. The normalized spacial score (nSPS) is 16.7. The Balaban J connectivity index is 1.23. The van der Waals surface area contributed by atoms with E-state index >= 15 is 0 Å². The van der Waals surface area contributed by atoms with Crippen LogP contribution in [0, 0.1) is 0 Å². The van der Waals surface area contributed by atoms with Crippen molar-refractivity contribution in [2.24, 2.45) is 0 Å². The molecule has 7 heteroatoms. The third-order valence-corrected chi connectivity index (χ3v) is 5.73. The molecule has 0 aliphatic carbocycles. The summed E-state index contributed by atoms with van der Waals surface area (Å²) in [6.45, 7) is 2.35. The third kappa shape index (κ3) is 3.95. The van der Waals surface area contributed by atoms with Gasteiger partial charge >= 0.3 is 0 Å². The van der Waals surface area contributed by atoms with E-state index in [1.165, 1.54) is 0 Å². The molecule has 31 heavy (non-hydrogen) atoms. The van der Waals surface area contributed by atoms with Gasteiger partial charge in [-0.3, -0.25) is 4.79 Å². The van der Waals surface area contributed by atoms with E-state index in [-0.39, 0.29) is 11.8 Å². The van der Waals surface area contributed by atoms with E-state index in [9.17, 15) is 4.79 Å². The molecular formula is C24H24N2O5. The topological polar surface area (TPSA) is 74.0 Å². The number of likely N-dealkylation sites (tertiary alicyclic amines) is 1. The Labute approximate surface area is 180 Å². The zero-order valence-corrected chi connectivity index (χ0v) is 17.4. The second kappa shape index (κ2) is 8.34. The molecule has 160 valence electrons. The third-order valence-electron chi connectivity index (χ3n) is 5.73. The molecule has 1 fully saturated rings. The number of aromatic nitrogens is 1. The Kier molecular flexibility index (Phi) is 5.24. The number of nitrogens with zero attached hydrogens (tertiary/aromatic N) is 2. The minimum Gasteiger partial charge on any atom is -0.493 e. The number of amides is 1. The first kappa shape index (κ1) is 19.5. The molecule has 0 unspecified atom stereocenters. The second-order valence-electron chi connectivity index (χ2n) is 7.70. The van der Waals surface area contributed by atoms with E-state index in [1.54, 1.807) is 19.3 Å². The summed E-state index contributed by atoms with van der Waals surface area (Å²) in [5.74, 6) is 2.85. The predicted molar refractivity (Wildman–Crippen MR) is 116 cm³/mol. The number of carbonyl (C=O) groups is 1. The van der Waals surface area contributed by atoms with Crippen molar-refractivity contribution >= 4 is 23.1 Å². The van der Waals surface area contributed by atoms with Crippen LogP contribution in [0.3, 0.4) is 0 Å². The lowest BCUT2D eigenvalue weighted by Crippen LogP contribution is -2.36. The summed E-state index contributed by atoms with van der Waals surface area (Å²) < 4.78 is 22.6. The zero-order valence-electron chi connectivity index (χ0n) is 17.4. The Morgan fingerprint density at radius 3 is 2.77 bits per heavy atom. The molecule has 7 nitrogen and oxygen atoms in total. The van der Waals surface area contributed by atoms with Crippen LogP contribution >= 0.6 is 0 Å². The molecule has 1 saturated heterocycles. The monoisotopic (exact) mass is 420 g/mol.